The summed E-state index contributed by atoms with van der Waals surface area (Å²) >= 11 is 0. The Kier molecular flexibility index (Phi) is 2.91. The van der Waals surface area contributed by atoms with Crippen molar-refractivity contribution in [1.82, 2.24) is 19.7 Å². The van der Waals surface area contributed by atoms with Gasteiger partial charge in [0.15, 0.2) is 15.5 Å². The zero-order valence-corrected chi connectivity index (χ0v) is 12.2. The molecule has 0 unspecified atom stereocenters. The molecule has 0 aliphatic rings. The predicted octanol–water partition coefficient (Wildman–Crippen LogP) is 0.727. The molecule has 0 spiro atoms. The fraction of sp³-hybridized carbons (Fsp3) is 0.154. The molecule has 0 saturated carbocycles. The largest absolute Gasteiger partial charge is 0.306 e. The first-order valence-electron chi connectivity index (χ1n) is 6.09. The molecule has 2 heterocycles. The van der Waals surface area contributed by atoms with E-state index >= 15 is 0 Å². The van der Waals surface area contributed by atoms with Gasteiger partial charge in [-0.2, -0.15) is 5.10 Å². The summed E-state index contributed by atoms with van der Waals surface area (Å²) in [5.41, 5.74) is 0.818. The zero-order valence-electron chi connectivity index (χ0n) is 11.4. The van der Waals surface area contributed by atoms with Crippen molar-refractivity contribution in [3.63, 3.8) is 0 Å². The number of hydrogen-bond donors (Lipinski definition) is 1. The standard InChI is InChI=1S/C13H12N4O3S/c1-17-12-10(7-14-17)13(18)16-11(15-12)8-3-5-9(6-4-8)21(2,19)20/h3-7H,1-2H3,(H,15,16,18). The van der Waals surface area contributed by atoms with E-state index in [9.17, 15) is 13.2 Å². The van der Waals surface area contributed by atoms with Crippen LogP contribution in [0.1, 0.15) is 0 Å². The van der Waals surface area contributed by atoms with Gasteiger partial charge in [-0.1, -0.05) is 0 Å². The lowest BCUT2D eigenvalue weighted by Gasteiger charge is -2.03. The fourth-order valence-corrected chi connectivity index (χ4v) is 2.66. The highest BCUT2D eigenvalue weighted by atomic mass is 32.2. The van der Waals surface area contributed by atoms with Gasteiger partial charge in [-0.3, -0.25) is 9.48 Å². The molecular formula is C13H12N4O3S. The number of aryl methyl sites for hydroxylation is 1. The summed E-state index contributed by atoms with van der Waals surface area (Å²) in [6.45, 7) is 0. The number of H-pyrrole nitrogens is 1. The van der Waals surface area contributed by atoms with Gasteiger partial charge in [-0.15, -0.1) is 0 Å². The van der Waals surface area contributed by atoms with Crippen molar-refractivity contribution < 1.29 is 8.42 Å². The van der Waals surface area contributed by atoms with E-state index in [1.807, 2.05) is 0 Å². The summed E-state index contributed by atoms with van der Waals surface area (Å²) in [5.74, 6) is 0.371. The maximum atomic E-state index is 12.0. The molecule has 3 aromatic rings. The van der Waals surface area contributed by atoms with Gasteiger partial charge in [0.05, 0.1) is 11.1 Å². The summed E-state index contributed by atoms with van der Waals surface area (Å²) in [5, 5.41) is 4.40. The van der Waals surface area contributed by atoms with E-state index in [1.165, 1.54) is 23.0 Å². The van der Waals surface area contributed by atoms with Crippen molar-refractivity contribution in [3.05, 3.63) is 40.8 Å². The number of benzene rings is 1. The second-order valence-corrected chi connectivity index (χ2v) is 6.73. The Bertz CT molecular complexity index is 984. The quantitative estimate of drug-likeness (QED) is 0.752. The highest BCUT2D eigenvalue weighted by molar-refractivity contribution is 7.90. The molecule has 0 bridgehead atoms. The maximum Gasteiger partial charge on any atom is 0.262 e. The molecule has 0 amide bonds. The van der Waals surface area contributed by atoms with E-state index in [2.05, 4.69) is 15.1 Å². The van der Waals surface area contributed by atoms with Crippen LogP contribution in [-0.2, 0) is 16.9 Å². The average Bonchev–Trinajstić information content (AvgIpc) is 2.80. The third-order valence-electron chi connectivity index (χ3n) is 3.16. The minimum Gasteiger partial charge on any atom is -0.306 e. The fourth-order valence-electron chi connectivity index (χ4n) is 2.03. The second kappa shape index (κ2) is 4.52. The molecule has 3 rings (SSSR count). The van der Waals surface area contributed by atoms with Crippen LogP contribution in [0.5, 0.6) is 0 Å². The number of hydrogen-bond acceptors (Lipinski definition) is 5. The highest BCUT2D eigenvalue weighted by Gasteiger charge is 2.11. The summed E-state index contributed by atoms with van der Waals surface area (Å²) in [4.78, 5) is 19.2. The van der Waals surface area contributed by atoms with Gasteiger partial charge in [0.2, 0.25) is 0 Å². The topological polar surface area (TPSA) is 97.7 Å². The molecule has 0 radical (unpaired) electrons. The SMILES string of the molecule is Cn1ncc2c(=O)[nH]c(-c3ccc(S(C)(=O)=O)cc3)nc21. The molecule has 0 saturated heterocycles. The van der Waals surface area contributed by atoms with Crippen molar-refractivity contribution in [2.45, 2.75) is 4.90 Å². The monoisotopic (exact) mass is 304 g/mol. The van der Waals surface area contributed by atoms with Crippen molar-refractivity contribution in [2.24, 2.45) is 7.05 Å². The van der Waals surface area contributed by atoms with Gasteiger partial charge in [-0.25, -0.2) is 13.4 Å². The van der Waals surface area contributed by atoms with Crippen molar-refractivity contribution in [2.75, 3.05) is 6.26 Å². The Labute approximate surface area is 120 Å². The van der Waals surface area contributed by atoms with Gasteiger partial charge in [0, 0.05) is 18.9 Å². The number of fused-ring (bicyclic) bond motifs is 1. The summed E-state index contributed by atoms with van der Waals surface area (Å²) in [7, 11) is -1.55. The van der Waals surface area contributed by atoms with Crippen LogP contribution in [0, 0.1) is 0 Å². The summed E-state index contributed by atoms with van der Waals surface area (Å²) < 4.78 is 24.4. The number of nitrogens with zero attached hydrogens (tertiary/aromatic N) is 3. The number of nitrogens with one attached hydrogen (secondary N) is 1. The molecule has 0 aliphatic heterocycles. The molecule has 1 aromatic carbocycles. The molecule has 0 atom stereocenters. The number of aromatic amines is 1. The van der Waals surface area contributed by atoms with Crippen LogP contribution in [0.15, 0.2) is 40.2 Å². The van der Waals surface area contributed by atoms with E-state index in [-0.39, 0.29) is 10.5 Å². The van der Waals surface area contributed by atoms with Gasteiger partial charge in [0.25, 0.3) is 5.56 Å². The van der Waals surface area contributed by atoms with Crippen molar-refractivity contribution in [3.8, 4) is 11.4 Å². The van der Waals surface area contributed by atoms with Crippen molar-refractivity contribution >= 4 is 20.9 Å². The maximum absolute atomic E-state index is 12.0. The van der Waals surface area contributed by atoms with Crippen LogP contribution in [0.2, 0.25) is 0 Å². The molecule has 21 heavy (non-hydrogen) atoms. The van der Waals surface area contributed by atoms with Crippen molar-refractivity contribution in [1.29, 1.82) is 0 Å². The first-order chi connectivity index (χ1) is 9.86. The van der Waals surface area contributed by atoms with Gasteiger partial charge >= 0.3 is 0 Å². The average molecular weight is 304 g/mol. The minimum absolute atomic E-state index is 0.218. The number of rotatable bonds is 2. The number of sulfone groups is 1. The molecule has 8 heteroatoms. The molecule has 0 fully saturated rings. The molecule has 7 nitrogen and oxygen atoms in total. The zero-order chi connectivity index (χ0) is 15.2. The Balaban J connectivity index is 2.16. The Morgan fingerprint density at radius 3 is 2.48 bits per heavy atom. The van der Waals surface area contributed by atoms with E-state index in [1.54, 1.807) is 19.2 Å². The smallest absolute Gasteiger partial charge is 0.262 e. The third-order valence-corrected chi connectivity index (χ3v) is 4.29. The Morgan fingerprint density at radius 2 is 1.86 bits per heavy atom. The Hall–Kier alpha value is -2.48. The van der Waals surface area contributed by atoms with Crippen LogP contribution < -0.4 is 5.56 Å². The molecule has 1 N–H and O–H groups in total. The van der Waals surface area contributed by atoms with Gasteiger partial charge < -0.3 is 4.98 Å². The van der Waals surface area contributed by atoms with Crippen LogP contribution in [0.4, 0.5) is 0 Å². The summed E-state index contributed by atoms with van der Waals surface area (Å²) in [6, 6.07) is 6.18. The van der Waals surface area contributed by atoms with E-state index in [0.717, 1.165) is 6.26 Å². The Morgan fingerprint density at radius 1 is 1.19 bits per heavy atom. The predicted molar refractivity (Wildman–Crippen MR) is 77.7 cm³/mol. The van der Waals surface area contributed by atoms with E-state index in [4.69, 9.17) is 0 Å². The normalized spacial score (nSPS) is 11.9. The lowest BCUT2D eigenvalue weighted by atomic mass is 10.2. The highest BCUT2D eigenvalue weighted by Crippen LogP contribution is 2.18. The van der Waals surface area contributed by atoms with Crippen LogP contribution in [-0.4, -0.2) is 34.4 Å². The van der Waals surface area contributed by atoms with E-state index < -0.39 is 9.84 Å². The van der Waals surface area contributed by atoms with Gasteiger partial charge in [0.1, 0.15) is 11.2 Å². The first-order valence-corrected chi connectivity index (χ1v) is 7.98. The lowest BCUT2D eigenvalue weighted by molar-refractivity contribution is 0.602. The van der Waals surface area contributed by atoms with Gasteiger partial charge in [-0.05, 0) is 24.3 Å². The van der Waals surface area contributed by atoms with Crippen LogP contribution in [0.3, 0.4) is 0 Å². The first kappa shape index (κ1) is 13.5. The molecule has 108 valence electrons. The second-order valence-electron chi connectivity index (χ2n) is 4.72. The molecule has 0 aliphatic carbocycles. The van der Waals surface area contributed by atoms with Crippen LogP contribution in [0.25, 0.3) is 22.4 Å². The van der Waals surface area contributed by atoms with Crippen LogP contribution >= 0.6 is 0 Å². The molecular weight excluding hydrogens is 292 g/mol. The summed E-state index contributed by atoms with van der Waals surface area (Å²) in [6.07, 6.45) is 2.60. The van der Waals surface area contributed by atoms with E-state index in [0.29, 0.717) is 22.4 Å². The lowest BCUT2D eigenvalue weighted by Crippen LogP contribution is -2.09. The minimum atomic E-state index is -3.25. The molecule has 2 aromatic heterocycles. The number of aromatic nitrogens is 4. The third kappa shape index (κ3) is 2.33.